The first kappa shape index (κ1) is 27.8. The van der Waals surface area contributed by atoms with Crippen molar-refractivity contribution in [2.75, 3.05) is 49.5 Å². The van der Waals surface area contributed by atoms with Gasteiger partial charge in [-0.2, -0.15) is 4.98 Å². The van der Waals surface area contributed by atoms with Crippen molar-refractivity contribution in [2.24, 2.45) is 11.7 Å². The minimum absolute atomic E-state index is 0.0155. The summed E-state index contributed by atoms with van der Waals surface area (Å²) in [5, 5.41) is 11.6. The van der Waals surface area contributed by atoms with E-state index >= 15 is 0 Å². The lowest BCUT2D eigenvalue weighted by atomic mass is 9.89. The van der Waals surface area contributed by atoms with Crippen LogP contribution in [-0.4, -0.2) is 82.0 Å². The third kappa shape index (κ3) is 6.68. The Bertz CT molecular complexity index is 1210. The van der Waals surface area contributed by atoms with Crippen molar-refractivity contribution in [1.29, 1.82) is 0 Å². The van der Waals surface area contributed by atoms with Gasteiger partial charge in [-0.05, 0) is 74.5 Å². The molecule has 0 aliphatic carbocycles. The Hall–Kier alpha value is -3.76. The SMILES string of the molecule is CC(=O)N1CCC(c2ccc(Nc3nc(N4CCC[C@@H](CC(=O)N5CCCCC5)C4)nnc3C(N)=O)cc2)CC1. The third-order valence-corrected chi connectivity index (χ3v) is 8.47. The summed E-state index contributed by atoms with van der Waals surface area (Å²) in [5.41, 5.74) is 7.57. The Balaban J connectivity index is 1.24. The van der Waals surface area contributed by atoms with E-state index in [-0.39, 0.29) is 29.2 Å². The lowest BCUT2D eigenvalue weighted by Crippen LogP contribution is -2.41. The van der Waals surface area contributed by atoms with E-state index in [0.29, 0.717) is 24.8 Å². The van der Waals surface area contributed by atoms with Crippen LogP contribution in [0.2, 0.25) is 0 Å². The first-order chi connectivity index (χ1) is 19.4. The molecule has 2 aromatic rings. The van der Waals surface area contributed by atoms with Crippen LogP contribution in [0.4, 0.5) is 17.5 Å². The summed E-state index contributed by atoms with van der Waals surface area (Å²) in [6, 6.07) is 8.07. The lowest BCUT2D eigenvalue weighted by Gasteiger charge is -2.34. The van der Waals surface area contributed by atoms with Crippen molar-refractivity contribution in [3.8, 4) is 0 Å². The Labute approximate surface area is 235 Å². The molecule has 214 valence electrons. The van der Waals surface area contributed by atoms with E-state index in [1.807, 2.05) is 21.9 Å². The van der Waals surface area contributed by atoms with Gasteiger partial charge in [0.1, 0.15) is 0 Å². The van der Waals surface area contributed by atoms with Gasteiger partial charge in [0.25, 0.3) is 5.91 Å². The summed E-state index contributed by atoms with van der Waals surface area (Å²) in [7, 11) is 0. The van der Waals surface area contributed by atoms with E-state index in [1.54, 1.807) is 6.92 Å². The van der Waals surface area contributed by atoms with Crippen LogP contribution in [0.1, 0.15) is 80.3 Å². The fourth-order valence-corrected chi connectivity index (χ4v) is 6.14. The molecule has 0 saturated carbocycles. The number of nitrogens with one attached hydrogen (secondary N) is 1. The minimum Gasteiger partial charge on any atom is -0.364 e. The maximum Gasteiger partial charge on any atom is 0.273 e. The average Bonchev–Trinajstić information content (AvgIpc) is 2.98. The number of aromatic nitrogens is 3. The zero-order valence-electron chi connectivity index (χ0n) is 23.3. The van der Waals surface area contributed by atoms with E-state index in [0.717, 1.165) is 76.9 Å². The van der Waals surface area contributed by atoms with Crippen LogP contribution < -0.4 is 16.0 Å². The van der Waals surface area contributed by atoms with Gasteiger partial charge in [0.15, 0.2) is 11.5 Å². The van der Waals surface area contributed by atoms with Gasteiger partial charge in [0.05, 0.1) is 0 Å². The number of amides is 3. The zero-order chi connectivity index (χ0) is 28.1. The minimum atomic E-state index is -0.702. The van der Waals surface area contributed by atoms with Crippen molar-refractivity contribution in [3.63, 3.8) is 0 Å². The lowest BCUT2D eigenvalue weighted by molar-refractivity contribution is -0.133. The second kappa shape index (κ2) is 12.6. The van der Waals surface area contributed by atoms with Crippen LogP contribution >= 0.6 is 0 Å². The van der Waals surface area contributed by atoms with Gasteiger partial charge in [-0.3, -0.25) is 14.4 Å². The topological polar surface area (TPSA) is 138 Å². The Kier molecular flexibility index (Phi) is 8.76. The number of primary amides is 1. The van der Waals surface area contributed by atoms with Gasteiger partial charge in [0.2, 0.25) is 17.8 Å². The van der Waals surface area contributed by atoms with Crippen molar-refractivity contribution in [1.82, 2.24) is 25.0 Å². The summed E-state index contributed by atoms with van der Waals surface area (Å²) in [6.07, 6.45) is 7.74. The molecule has 5 rings (SSSR count). The summed E-state index contributed by atoms with van der Waals surface area (Å²) in [5.74, 6) is 1.01. The molecule has 3 aliphatic rings. The Morgan fingerprint density at radius 1 is 0.900 bits per heavy atom. The zero-order valence-corrected chi connectivity index (χ0v) is 23.3. The molecule has 3 amide bonds. The normalized spacial score (nSPS) is 20.3. The van der Waals surface area contributed by atoms with Gasteiger partial charge in [-0.1, -0.05) is 12.1 Å². The van der Waals surface area contributed by atoms with Crippen LogP contribution in [0.15, 0.2) is 24.3 Å². The third-order valence-electron chi connectivity index (χ3n) is 8.47. The van der Waals surface area contributed by atoms with E-state index in [2.05, 4.69) is 37.5 Å². The maximum absolute atomic E-state index is 12.8. The molecule has 3 fully saturated rings. The smallest absolute Gasteiger partial charge is 0.273 e. The molecule has 4 heterocycles. The highest BCUT2D eigenvalue weighted by atomic mass is 16.2. The van der Waals surface area contributed by atoms with Crippen LogP contribution in [0.5, 0.6) is 0 Å². The quantitative estimate of drug-likeness (QED) is 0.539. The van der Waals surface area contributed by atoms with Crippen LogP contribution in [0.25, 0.3) is 0 Å². The van der Waals surface area contributed by atoms with Crippen molar-refractivity contribution in [2.45, 2.75) is 64.2 Å². The standard InChI is InChI=1S/C29H40N8O3/c1-20(38)35-16-11-23(12-17-35)22-7-9-24(10-8-22)31-28-26(27(30)40)33-34-29(32-28)37-15-5-6-21(19-37)18-25(39)36-13-3-2-4-14-36/h7-10,21,23H,2-6,11-19H2,1H3,(H2,30,40)(H,31,32,34)/t21-/m0/s1. The fourth-order valence-electron chi connectivity index (χ4n) is 6.14. The number of anilines is 3. The van der Waals surface area contributed by atoms with Gasteiger partial charge >= 0.3 is 0 Å². The number of rotatable bonds is 7. The summed E-state index contributed by atoms with van der Waals surface area (Å²) < 4.78 is 0. The molecule has 1 atom stereocenters. The van der Waals surface area contributed by atoms with Crippen LogP contribution in [-0.2, 0) is 9.59 Å². The van der Waals surface area contributed by atoms with E-state index in [4.69, 9.17) is 5.73 Å². The van der Waals surface area contributed by atoms with Crippen molar-refractivity contribution in [3.05, 3.63) is 35.5 Å². The second-order valence-corrected chi connectivity index (χ2v) is 11.3. The number of nitrogens with zero attached hydrogens (tertiary/aromatic N) is 6. The molecule has 1 aromatic carbocycles. The fraction of sp³-hybridized carbons (Fsp3) is 0.586. The van der Waals surface area contributed by atoms with Gasteiger partial charge < -0.3 is 25.8 Å². The van der Waals surface area contributed by atoms with Gasteiger partial charge in [-0.15, -0.1) is 10.2 Å². The monoisotopic (exact) mass is 548 g/mol. The van der Waals surface area contributed by atoms with E-state index in [1.165, 1.54) is 12.0 Å². The first-order valence-corrected chi connectivity index (χ1v) is 14.6. The van der Waals surface area contributed by atoms with E-state index < -0.39 is 5.91 Å². The highest BCUT2D eigenvalue weighted by Crippen LogP contribution is 2.30. The van der Waals surface area contributed by atoms with Crippen molar-refractivity contribution >= 4 is 35.2 Å². The molecule has 3 saturated heterocycles. The number of likely N-dealkylation sites (tertiary alicyclic amines) is 2. The molecule has 1 aromatic heterocycles. The molecule has 3 aliphatic heterocycles. The molecule has 0 bridgehead atoms. The first-order valence-electron chi connectivity index (χ1n) is 14.6. The number of carbonyl (C=O) groups is 3. The Morgan fingerprint density at radius 2 is 1.62 bits per heavy atom. The number of benzene rings is 1. The number of carbonyl (C=O) groups excluding carboxylic acids is 3. The predicted molar refractivity (Wildman–Crippen MR) is 152 cm³/mol. The van der Waals surface area contributed by atoms with Gasteiger partial charge in [0, 0.05) is 58.3 Å². The van der Waals surface area contributed by atoms with E-state index in [9.17, 15) is 14.4 Å². The molecule has 0 unspecified atom stereocenters. The average molecular weight is 549 g/mol. The summed E-state index contributed by atoms with van der Waals surface area (Å²) in [6.45, 7) is 6.35. The molecule has 0 spiro atoms. The summed E-state index contributed by atoms with van der Waals surface area (Å²) >= 11 is 0. The Morgan fingerprint density at radius 3 is 2.30 bits per heavy atom. The highest BCUT2D eigenvalue weighted by molar-refractivity contribution is 5.96. The summed E-state index contributed by atoms with van der Waals surface area (Å²) in [4.78, 5) is 47.2. The number of piperidine rings is 3. The maximum atomic E-state index is 12.8. The van der Waals surface area contributed by atoms with Gasteiger partial charge in [-0.25, -0.2) is 0 Å². The number of hydrogen-bond donors (Lipinski definition) is 2. The molecular weight excluding hydrogens is 508 g/mol. The number of hydrogen-bond acceptors (Lipinski definition) is 8. The molecule has 3 N–H and O–H groups in total. The molecule has 0 radical (unpaired) electrons. The largest absolute Gasteiger partial charge is 0.364 e. The van der Waals surface area contributed by atoms with Crippen LogP contribution in [0, 0.1) is 5.92 Å². The number of nitrogens with two attached hydrogens (primary N) is 1. The van der Waals surface area contributed by atoms with Crippen LogP contribution in [0.3, 0.4) is 0 Å². The second-order valence-electron chi connectivity index (χ2n) is 11.3. The van der Waals surface area contributed by atoms with Crippen molar-refractivity contribution < 1.29 is 14.4 Å². The molecule has 11 nitrogen and oxygen atoms in total. The highest BCUT2D eigenvalue weighted by Gasteiger charge is 2.28. The predicted octanol–water partition coefficient (Wildman–Crippen LogP) is 3.06. The molecule has 11 heteroatoms. The molecule has 40 heavy (non-hydrogen) atoms. The molecular formula is C29H40N8O3.